The number of benzene rings is 2. The number of rotatable bonds is 2. The molecule has 1 spiro atoms. The molecule has 0 bridgehead atoms. The highest BCUT2D eigenvalue weighted by Crippen LogP contribution is 2.52. The molecular weight excluding hydrogens is 356 g/mol. The van der Waals surface area contributed by atoms with E-state index >= 15 is 0 Å². The van der Waals surface area contributed by atoms with Gasteiger partial charge in [-0.1, -0.05) is 48.5 Å². The first-order valence-electron chi connectivity index (χ1n) is 9.25. The molecule has 0 aromatic heterocycles. The van der Waals surface area contributed by atoms with Crippen LogP contribution in [-0.4, -0.2) is 29.4 Å². The van der Waals surface area contributed by atoms with Crippen molar-refractivity contribution in [3.05, 3.63) is 65.7 Å². The number of anilines is 1. The van der Waals surface area contributed by atoms with E-state index in [0.717, 1.165) is 5.56 Å². The number of para-hydroxylation sites is 1. The van der Waals surface area contributed by atoms with Crippen LogP contribution in [0, 0.1) is 0 Å². The van der Waals surface area contributed by atoms with Gasteiger partial charge in [-0.2, -0.15) is 0 Å². The molecule has 2 aromatic rings. The molecule has 4 rings (SSSR count). The molecule has 2 amide bonds. The van der Waals surface area contributed by atoms with Gasteiger partial charge in [0.25, 0.3) is 0 Å². The second kappa shape index (κ2) is 6.19. The lowest BCUT2D eigenvalue weighted by Gasteiger charge is -2.30. The predicted molar refractivity (Wildman–Crippen MR) is 104 cm³/mol. The van der Waals surface area contributed by atoms with Gasteiger partial charge in [0.2, 0.25) is 11.8 Å². The second-order valence-corrected chi connectivity index (χ2v) is 8.18. The zero-order valence-corrected chi connectivity index (χ0v) is 16.0. The van der Waals surface area contributed by atoms with Gasteiger partial charge in [0, 0.05) is 17.2 Å². The maximum Gasteiger partial charge on any atom is 0.329 e. The molecule has 2 aliphatic rings. The van der Waals surface area contributed by atoms with E-state index in [1.165, 1.54) is 0 Å². The molecule has 1 fully saturated rings. The van der Waals surface area contributed by atoms with Crippen LogP contribution in [0.5, 0.6) is 0 Å². The highest BCUT2D eigenvalue weighted by atomic mass is 16.6. The Labute approximate surface area is 163 Å². The Hall–Kier alpha value is -3.15. The summed E-state index contributed by atoms with van der Waals surface area (Å²) in [4.78, 5) is 39.4. The zero-order valence-electron chi connectivity index (χ0n) is 16.0. The molecule has 2 heterocycles. The number of amides is 2. The SMILES string of the molecule is CC(C)(C)OC(=O)C1NC(=O)C2(C(=O)Nc3ccccc32)C1c1ccccc1. The first-order chi connectivity index (χ1) is 13.2. The van der Waals surface area contributed by atoms with Gasteiger partial charge in [0.15, 0.2) is 5.41 Å². The third-order valence-electron chi connectivity index (χ3n) is 5.22. The minimum absolute atomic E-state index is 0.425. The molecule has 2 N–H and O–H groups in total. The molecule has 0 aliphatic carbocycles. The van der Waals surface area contributed by atoms with Gasteiger partial charge < -0.3 is 15.4 Å². The highest BCUT2D eigenvalue weighted by molar-refractivity contribution is 6.24. The van der Waals surface area contributed by atoms with E-state index in [-0.39, 0.29) is 0 Å². The topological polar surface area (TPSA) is 84.5 Å². The molecular formula is C22H22N2O4. The van der Waals surface area contributed by atoms with Crippen LogP contribution in [-0.2, 0) is 24.5 Å². The van der Waals surface area contributed by atoms with E-state index in [0.29, 0.717) is 11.3 Å². The Balaban J connectivity index is 1.90. The van der Waals surface area contributed by atoms with E-state index in [1.54, 1.807) is 45.0 Å². The van der Waals surface area contributed by atoms with Crippen molar-refractivity contribution < 1.29 is 19.1 Å². The normalized spacial score (nSPS) is 26.0. The second-order valence-electron chi connectivity index (χ2n) is 8.18. The fourth-order valence-corrected chi connectivity index (χ4v) is 4.21. The molecule has 0 saturated carbocycles. The number of hydrogen-bond acceptors (Lipinski definition) is 4. The first kappa shape index (κ1) is 18.2. The third-order valence-corrected chi connectivity index (χ3v) is 5.22. The Bertz CT molecular complexity index is 964. The monoisotopic (exact) mass is 378 g/mol. The van der Waals surface area contributed by atoms with E-state index in [4.69, 9.17) is 4.74 Å². The number of esters is 1. The summed E-state index contributed by atoms with van der Waals surface area (Å²) in [7, 11) is 0. The Morgan fingerprint density at radius 3 is 2.29 bits per heavy atom. The Morgan fingerprint density at radius 1 is 0.964 bits per heavy atom. The van der Waals surface area contributed by atoms with Gasteiger partial charge in [0.1, 0.15) is 11.6 Å². The minimum atomic E-state index is -1.51. The number of nitrogens with one attached hydrogen (secondary N) is 2. The fraction of sp³-hybridized carbons (Fsp3) is 0.318. The summed E-state index contributed by atoms with van der Waals surface area (Å²) in [5.74, 6) is -2.19. The molecule has 6 heteroatoms. The first-order valence-corrected chi connectivity index (χ1v) is 9.25. The molecule has 144 valence electrons. The molecule has 28 heavy (non-hydrogen) atoms. The van der Waals surface area contributed by atoms with Crippen LogP contribution in [0.1, 0.15) is 37.8 Å². The molecule has 1 saturated heterocycles. The van der Waals surface area contributed by atoms with Crippen LogP contribution in [0.2, 0.25) is 0 Å². The van der Waals surface area contributed by atoms with E-state index in [9.17, 15) is 14.4 Å². The van der Waals surface area contributed by atoms with Crippen molar-refractivity contribution in [1.29, 1.82) is 0 Å². The standard InChI is InChI=1S/C22H22N2O4/c1-21(2,3)28-18(25)17-16(13-9-5-4-6-10-13)22(20(27)24-17)14-11-7-8-12-15(14)23-19(22)26/h4-12,16-17H,1-3H3,(H,23,26)(H,24,27). The van der Waals surface area contributed by atoms with Gasteiger partial charge >= 0.3 is 5.97 Å². The van der Waals surface area contributed by atoms with Crippen LogP contribution in [0.25, 0.3) is 0 Å². The Kier molecular flexibility index (Phi) is 4.03. The average molecular weight is 378 g/mol. The molecule has 0 radical (unpaired) electrons. The molecule has 6 nitrogen and oxygen atoms in total. The number of fused-ring (bicyclic) bond motifs is 2. The summed E-state index contributed by atoms with van der Waals surface area (Å²) >= 11 is 0. The number of hydrogen-bond donors (Lipinski definition) is 2. The zero-order chi connectivity index (χ0) is 20.1. The number of carbonyl (C=O) groups is 3. The lowest BCUT2D eigenvalue weighted by atomic mass is 9.68. The minimum Gasteiger partial charge on any atom is -0.458 e. The van der Waals surface area contributed by atoms with Crippen LogP contribution in [0.3, 0.4) is 0 Å². The summed E-state index contributed by atoms with van der Waals surface area (Å²) in [6.07, 6.45) is 0. The molecule has 3 unspecified atom stereocenters. The van der Waals surface area contributed by atoms with E-state index < -0.39 is 40.8 Å². The van der Waals surface area contributed by atoms with Crippen LogP contribution in [0.15, 0.2) is 54.6 Å². The van der Waals surface area contributed by atoms with Crippen LogP contribution >= 0.6 is 0 Å². The predicted octanol–water partition coefficient (Wildman–Crippen LogP) is 2.50. The fourth-order valence-electron chi connectivity index (χ4n) is 4.21. The summed E-state index contributed by atoms with van der Waals surface area (Å²) in [5, 5.41) is 5.57. The molecule has 3 atom stereocenters. The van der Waals surface area contributed by atoms with Gasteiger partial charge in [-0.15, -0.1) is 0 Å². The Morgan fingerprint density at radius 2 is 1.61 bits per heavy atom. The van der Waals surface area contributed by atoms with Gasteiger partial charge in [0.05, 0.1) is 0 Å². The van der Waals surface area contributed by atoms with Gasteiger partial charge in [-0.3, -0.25) is 9.59 Å². The molecule has 2 aromatic carbocycles. The number of carbonyl (C=O) groups excluding carboxylic acids is 3. The smallest absolute Gasteiger partial charge is 0.329 e. The van der Waals surface area contributed by atoms with Crippen molar-refractivity contribution in [3.8, 4) is 0 Å². The van der Waals surface area contributed by atoms with Crippen LogP contribution < -0.4 is 10.6 Å². The summed E-state index contributed by atoms with van der Waals surface area (Å²) in [6.45, 7) is 5.31. The summed E-state index contributed by atoms with van der Waals surface area (Å²) in [6, 6.07) is 15.3. The quantitative estimate of drug-likeness (QED) is 0.621. The van der Waals surface area contributed by atoms with E-state index in [1.807, 2.05) is 30.3 Å². The van der Waals surface area contributed by atoms with Gasteiger partial charge in [-0.25, -0.2) is 4.79 Å². The lowest BCUT2D eigenvalue weighted by Crippen LogP contribution is -2.45. The van der Waals surface area contributed by atoms with E-state index in [2.05, 4.69) is 10.6 Å². The van der Waals surface area contributed by atoms with Gasteiger partial charge in [-0.05, 0) is 32.4 Å². The summed E-state index contributed by atoms with van der Waals surface area (Å²) < 4.78 is 5.56. The summed E-state index contributed by atoms with van der Waals surface area (Å²) in [5.41, 5.74) is -0.330. The molecule has 2 aliphatic heterocycles. The average Bonchev–Trinajstić information content (AvgIpc) is 3.11. The maximum atomic E-state index is 13.3. The maximum absolute atomic E-state index is 13.3. The lowest BCUT2D eigenvalue weighted by molar-refractivity contribution is -0.157. The van der Waals surface area contributed by atoms with Crippen LogP contribution in [0.4, 0.5) is 5.69 Å². The van der Waals surface area contributed by atoms with Crippen molar-refractivity contribution >= 4 is 23.5 Å². The third kappa shape index (κ3) is 2.59. The highest BCUT2D eigenvalue weighted by Gasteiger charge is 2.66. The van der Waals surface area contributed by atoms with Crippen molar-refractivity contribution in [2.75, 3.05) is 5.32 Å². The van der Waals surface area contributed by atoms with Crippen molar-refractivity contribution in [3.63, 3.8) is 0 Å². The van der Waals surface area contributed by atoms with Crippen molar-refractivity contribution in [2.45, 2.75) is 43.7 Å². The van der Waals surface area contributed by atoms with Crippen molar-refractivity contribution in [1.82, 2.24) is 5.32 Å². The largest absolute Gasteiger partial charge is 0.458 e. The van der Waals surface area contributed by atoms with Crippen molar-refractivity contribution in [2.24, 2.45) is 0 Å². The number of ether oxygens (including phenoxy) is 1.